The second-order valence-electron chi connectivity index (χ2n) is 14.1. The van der Waals surface area contributed by atoms with Crippen molar-refractivity contribution in [2.24, 2.45) is 0 Å². The lowest BCUT2D eigenvalue weighted by atomic mass is 10.0. The van der Waals surface area contributed by atoms with Gasteiger partial charge in [0.1, 0.15) is 28.0 Å². The molecular weight excluding hydrogens is 675 g/mol. The predicted molar refractivity (Wildman–Crippen MR) is 225 cm³/mol. The molecule has 12 rings (SSSR count). The Bertz CT molecular complexity index is 3480. The van der Waals surface area contributed by atoms with E-state index >= 15 is 0 Å². The average Bonchev–Trinajstić information content (AvgIpc) is 3.92. The molecule has 8 aromatic carbocycles. The summed E-state index contributed by atoms with van der Waals surface area (Å²) in [6.07, 6.45) is 0. The van der Waals surface area contributed by atoms with Crippen LogP contribution in [0.4, 0.5) is 0 Å². The topological polar surface area (TPSA) is 57.0 Å². The first kappa shape index (κ1) is 30.0. The van der Waals surface area contributed by atoms with Gasteiger partial charge in [-0.05, 0) is 82.6 Å². The van der Waals surface area contributed by atoms with Crippen LogP contribution in [0.2, 0.25) is 0 Å². The van der Waals surface area contributed by atoms with Crippen LogP contribution in [0.25, 0.3) is 116 Å². The van der Waals surface area contributed by atoms with Gasteiger partial charge >= 0.3 is 0 Å². The Labute approximate surface area is 314 Å². The third-order valence-electron chi connectivity index (χ3n) is 11.0. The van der Waals surface area contributed by atoms with E-state index < -0.39 is 0 Å². The zero-order valence-electron chi connectivity index (χ0n) is 29.4. The molecule has 0 radical (unpaired) electrons. The van der Waals surface area contributed by atoms with E-state index in [4.69, 9.17) is 18.8 Å². The van der Waals surface area contributed by atoms with Gasteiger partial charge in [-0.25, -0.2) is 9.97 Å². The molecule has 0 unspecified atom stereocenters. The van der Waals surface area contributed by atoms with Gasteiger partial charge in [-0.15, -0.1) is 0 Å². The quantitative estimate of drug-likeness (QED) is 0.183. The van der Waals surface area contributed by atoms with E-state index in [0.29, 0.717) is 11.4 Å². The second kappa shape index (κ2) is 11.5. The van der Waals surface area contributed by atoms with Crippen LogP contribution in [-0.4, -0.2) is 14.5 Å². The first-order chi connectivity index (χ1) is 27.2. The van der Waals surface area contributed by atoms with Crippen molar-refractivity contribution >= 4 is 76.6 Å². The van der Waals surface area contributed by atoms with Gasteiger partial charge in [-0.3, -0.25) is 0 Å². The molecule has 0 aliphatic heterocycles. The van der Waals surface area contributed by atoms with E-state index in [1.54, 1.807) is 0 Å². The number of aromatic nitrogens is 3. The van der Waals surface area contributed by atoms with Gasteiger partial charge in [0.2, 0.25) is 0 Å². The van der Waals surface area contributed by atoms with Crippen LogP contribution in [0.5, 0.6) is 0 Å². The molecular formula is C50H29N3O2. The van der Waals surface area contributed by atoms with E-state index in [9.17, 15) is 0 Å². The van der Waals surface area contributed by atoms with Crippen molar-refractivity contribution < 1.29 is 8.83 Å². The van der Waals surface area contributed by atoms with E-state index in [2.05, 4.69) is 150 Å². The maximum absolute atomic E-state index is 6.56. The van der Waals surface area contributed by atoms with Crippen molar-refractivity contribution in [3.8, 4) is 39.5 Å². The highest BCUT2D eigenvalue weighted by Gasteiger charge is 2.21. The Hall–Kier alpha value is -7.50. The maximum atomic E-state index is 6.56. The minimum atomic E-state index is 0.623. The summed E-state index contributed by atoms with van der Waals surface area (Å²) in [5.74, 6) is 0.623. The zero-order chi connectivity index (χ0) is 36.0. The normalized spacial score (nSPS) is 12.0. The molecule has 0 amide bonds. The molecule has 5 heteroatoms. The van der Waals surface area contributed by atoms with Crippen LogP contribution in [0.3, 0.4) is 0 Å². The van der Waals surface area contributed by atoms with Crippen LogP contribution in [0.15, 0.2) is 185 Å². The molecule has 12 aromatic rings. The number of hydrogen-bond acceptors (Lipinski definition) is 4. The van der Waals surface area contributed by atoms with Gasteiger partial charge in [0.15, 0.2) is 11.4 Å². The minimum Gasteiger partial charge on any atom is -0.456 e. The van der Waals surface area contributed by atoms with E-state index in [1.165, 1.54) is 27.1 Å². The number of furan rings is 2. The summed E-state index contributed by atoms with van der Waals surface area (Å²) in [6.45, 7) is 0. The molecule has 0 saturated carbocycles. The number of para-hydroxylation sites is 2. The van der Waals surface area contributed by atoms with E-state index in [-0.39, 0.29) is 0 Å². The minimum absolute atomic E-state index is 0.623. The van der Waals surface area contributed by atoms with Gasteiger partial charge < -0.3 is 13.4 Å². The zero-order valence-corrected chi connectivity index (χ0v) is 29.4. The lowest BCUT2D eigenvalue weighted by molar-refractivity contribution is 0.667. The van der Waals surface area contributed by atoms with Gasteiger partial charge in [0, 0.05) is 32.7 Å². The standard InChI is InChI=1S/C50H29N3O2/c1-2-11-30(12-3-1)31-21-23-32(24-22-31)47-49-48(37-16-7-9-19-43(37)55-49)52-50(51-47)35-25-26-44-39(28-35)46-41(18-10-20-45(46)54-44)53-40-17-8-6-15-36(40)38-27-33-13-4-5-14-34(33)29-42(38)53/h1-29H. The largest absolute Gasteiger partial charge is 0.456 e. The lowest BCUT2D eigenvalue weighted by Gasteiger charge is -2.10. The number of rotatable bonds is 4. The van der Waals surface area contributed by atoms with Crippen molar-refractivity contribution in [2.45, 2.75) is 0 Å². The van der Waals surface area contributed by atoms with Crippen molar-refractivity contribution in [2.75, 3.05) is 0 Å². The third kappa shape index (κ3) is 4.53. The number of benzene rings is 8. The Morgan fingerprint density at radius 3 is 1.95 bits per heavy atom. The molecule has 4 heterocycles. The molecule has 0 fully saturated rings. The van der Waals surface area contributed by atoms with Crippen LogP contribution in [0.1, 0.15) is 0 Å². The van der Waals surface area contributed by atoms with Crippen LogP contribution in [-0.2, 0) is 0 Å². The summed E-state index contributed by atoms with van der Waals surface area (Å²) in [6, 6.07) is 61.5. The molecule has 256 valence electrons. The molecule has 55 heavy (non-hydrogen) atoms. The van der Waals surface area contributed by atoms with Crippen molar-refractivity contribution in [3.05, 3.63) is 176 Å². The van der Waals surface area contributed by atoms with E-state index in [0.717, 1.165) is 77.5 Å². The summed E-state index contributed by atoms with van der Waals surface area (Å²) in [5.41, 5.74) is 12.2. The fraction of sp³-hybridized carbons (Fsp3) is 0. The van der Waals surface area contributed by atoms with Gasteiger partial charge in [-0.1, -0.05) is 115 Å². The summed E-state index contributed by atoms with van der Waals surface area (Å²) in [7, 11) is 0. The maximum Gasteiger partial charge on any atom is 0.180 e. The van der Waals surface area contributed by atoms with Gasteiger partial charge in [0.25, 0.3) is 0 Å². The Balaban J connectivity index is 1.09. The number of hydrogen-bond donors (Lipinski definition) is 0. The van der Waals surface area contributed by atoms with Gasteiger partial charge in [-0.2, -0.15) is 0 Å². The van der Waals surface area contributed by atoms with Crippen LogP contribution >= 0.6 is 0 Å². The van der Waals surface area contributed by atoms with Gasteiger partial charge in [0.05, 0.1) is 22.1 Å². The van der Waals surface area contributed by atoms with Crippen LogP contribution in [0, 0.1) is 0 Å². The summed E-state index contributed by atoms with van der Waals surface area (Å²) in [5, 5.41) is 7.87. The summed E-state index contributed by atoms with van der Waals surface area (Å²) < 4.78 is 15.4. The second-order valence-corrected chi connectivity index (χ2v) is 14.1. The van der Waals surface area contributed by atoms with Crippen LogP contribution < -0.4 is 0 Å². The number of fused-ring (bicyclic) bond motifs is 10. The molecule has 4 aromatic heterocycles. The molecule has 0 spiro atoms. The predicted octanol–water partition coefficient (Wildman–Crippen LogP) is 13.5. The lowest BCUT2D eigenvalue weighted by Crippen LogP contribution is -1.95. The Kier molecular flexibility index (Phi) is 6.27. The highest BCUT2D eigenvalue weighted by molar-refractivity contribution is 6.17. The summed E-state index contributed by atoms with van der Waals surface area (Å²) >= 11 is 0. The Morgan fingerprint density at radius 2 is 1.07 bits per heavy atom. The highest BCUT2D eigenvalue weighted by atomic mass is 16.3. The first-order valence-corrected chi connectivity index (χ1v) is 18.5. The molecule has 0 aliphatic rings. The van der Waals surface area contributed by atoms with Crippen molar-refractivity contribution in [1.82, 2.24) is 14.5 Å². The van der Waals surface area contributed by atoms with E-state index in [1.807, 2.05) is 30.3 Å². The SMILES string of the molecule is c1ccc(-c2ccc(-c3nc(-c4ccc5oc6cccc(-n7c8ccccc8c8cc9ccccc9cc87)c6c5c4)nc4c3oc3ccccc34)cc2)cc1. The molecule has 5 nitrogen and oxygen atoms in total. The molecule has 0 saturated heterocycles. The fourth-order valence-electron chi connectivity index (χ4n) is 8.42. The third-order valence-corrected chi connectivity index (χ3v) is 11.0. The monoisotopic (exact) mass is 703 g/mol. The molecule has 0 bridgehead atoms. The smallest absolute Gasteiger partial charge is 0.180 e. The molecule has 0 N–H and O–H groups in total. The Morgan fingerprint density at radius 1 is 0.400 bits per heavy atom. The fourth-order valence-corrected chi connectivity index (χ4v) is 8.42. The number of nitrogens with zero attached hydrogens (tertiary/aromatic N) is 3. The van der Waals surface area contributed by atoms with Crippen molar-refractivity contribution in [1.29, 1.82) is 0 Å². The summed E-state index contributed by atoms with van der Waals surface area (Å²) in [4.78, 5) is 10.5. The highest BCUT2D eigenvalue weighted by Crippen LogP contribution is 2.42. The molecule has 0 atom stereocenters. The first-order valence-electron chi connectivity index (χ1n) is 18.5. The van der Waals surface area contributed by atoms with Crippen molar-refractivity contribution in [3.63, 3.8) is 0 Å². The molecule has 0 aliphatic carbocycles. The average molecular weight is 704 g/mol.